The number of halogens is 1. The van der Waals surface area contributed by atoms with Crippen molar-refractivity contribution in [2.45, 2.75) is 77.2 Å². The molecule has 3 nitrogen and oxygen atoms in total. The predicted octanol–water partition coefficient (Wildman–Crippen LogP) is 4.86. The summed E-state index contributed by atoms with van der Waals surface area (Å²) in [5.41, 5.74) is 2.27. The average molecular weight is 425 g/mol. The summed E-state index contributed by atoms with van der Waals surface area (Å²) in [6, 6.07) is 0. The van der Waals surface area contributed by atoms with E-state index in [1.807, 2.05) is 0 Å². The van der Waals surface area contributed by atoms with Crippen molar-refractivity contribution in [2.24, 2.45) is 34.0 Å². The zero-order valence-electron chi connectivity index (χ0n) is 16.6. The van der Waals surface area contributed by atoms with Gasteiger partial charge in [0.1, 0.15) is 6.10 Å². The number of carbonyl (C=O) groups excluding carboxylic acids is 1. The molecule has 0 spiro atoms. The molecule has 0 aromatic heterocycles. The smallest absolute Gasteiger partial charge is 0.302 e. The fraction of sp³-hybridized carbons (Fsp3) is 0.864. The number of fused-ring (bicyclic) bond motifs is 5. The Morgan fingerprint density at radius 2 is 2.04 bits per heavy atom. The normalized spacial score (nSPS) is 50.6. The van der Waals surface area contributed by atoms with E-state index < -0.39 is 0 Å². The van der Waals surface area contributed by atoms with Gasteiger partial charge in [-0.2, -0.15) is 0 Å². The Kier molecular flexibility index (Phi) is 4.43. The lowest BCUT2D eigenvalue weighted by Gasteiger charge is -2.57. The number of carbonyl (C=O) groups is 1. The lowest BCUT2D eigenvalue weighted by Crippen LogP contribution is -2.51. The number of hydrogen-bond donors (Lipinski definition) is 1. The molecular weight excluding hydrogens is 392 g/mol. The van der Waals surface area contributed by atoms with Crippen LogP contribution in [0.1, 0.15) is 66.2 Å². The van der Waals surface area contributed by atoms with Crippen LogP contribution < -0.4 is 0 Å². The number of hydrogen-bond acceptors (Lipinski definition) is 3. The molecule has 0 aliphatic heterocycles. The fourth-order valence-electron chi connectivity index (χ4n) is 7.17. The van der Waals surface area contributed by atoms with Crippen molar-refractivity contribution in [3.63, 3.8) is 0 Å². The summed E-state index contributed by atoms with van der Waals surface area (Å²) in [5.74, 6) is 1.76. The maximum absolute atomic E-state index is 11.7. The zero-order chi connectivity index (χ0) is 18.9. The van der Waals surface area contributed by atoms with Gasteiger partial charge in [-0.15, -0.1) is 0 Å². The predicted molar refractivity (Wildman–Crippen MR) is 106 cm³/mol. The molecule has 26 heavy (non-hydrogen) atoms. The lowest BCUT2D eigenvalue weighted by molar-refractivity contribution is -0.154. The summed E-state index contributed by atoms with van der Waals surface area (Å²) >= 11 is 3.72. The van der Waals surface area contributed by atoms with Gasteiger partial charge in [0.25, 0.3) is 0 Å². The molecule has 1 N–H and O–H groups in total. The number of allylic oxidation sites excluding steroid dienone is 2. The van der Waals surface area contributed by atoms with Gasteiger partial charge in [0.2, 0.25) is 0 Å². The molecule has 0 saturated heterocycles. The van der Waals surface area contributed by atoms with Gasteiger partial charge in [-0.3, -0.25) is 4.79 Å². The number of rotatable bonds is 3. The van der Waals surface area contributed by atoms with Crippen molar-refractivity contribution in [3.05, 3.63) is 11.6 Å². The van der Waals surface area contributed by atoms with E-state index in [2.05, 4.69) is 42.8 Å². The maximum atomic E-state index is 11.7. The highest BCUT2D eigenvalue weighted by Crippen LogP contribution is 2.74. The van der Waals surface area contributed by atoms with Crippen LogP contribution in [0.4, 0.5) is 0 Å². The number of aliphatic hydroxyl groups excluding tert-OH is 1. The quantitative estimate of drug-likeness (QED) is 0.399. The van der Waals surface area contributed by atoms with E-state index in [1.54, 1.807) is 12.5 Å². The van der Waals surface area contributed by atoms with Crippen LogP contribution >= 0.6 is 15.9 Å². The molecule has 4 rings (SSSR count). The number of ether oxygens (including phenoxy) is 1. The molecule has 3 fully saturated rings. The monoisotopic (exact) mass is 424 g/mol. The van der Waals surface area contributed by atoms with E-state index in [0.29, 0.717) is 17.3 Å². The van der Waals surface area contributed by atoms with Crippen LogP contribution in [0.15, 0.2) is 11.6 Å². The Balaban J connectivity index is 1.65. The second-order valence-electron chi connectivity index (χ2n) is 10.3. The van der Waals surface area contributed by atoms with Gasteiger partial charge in [0, 0.05) is 17.7 Å². The second kappa shape index (κ2) is 6.07. The first kappa shape index (κ1) is 19.0. The van der Waals surface area contributed by atoms with Crippen molar-refractivity contribution in [1.29, 1.82) is 0 Å². The maximum Gasteiger partial charge on any atom is 0.302 e. The molecular formula is C22H33BrO3. The Hall–Kier alpha value is -0.350. The highest BCUT2D eigenvalue weighted by Gasteiger charge is 2.69. The summed E-state index contributed by atoms with van der Waals surface area (Å²) in [4.78, 5) is 11.8. The van der Waals surface area contributed by atoms with Crippen LogP contribution in [-0.2, 0) is 9.53 Å². The van der Waals surface area contributed by atoms with Crippen molar-refractivity contribution in [3.8, 4) is 0 Å². The first-order valence-electron chi connectivity index (χ1n) is 10.3. The summed E-state index contributed by atoms with van der Waals surface area (Å²) in [6.45, 7) is 8.94. The fourth-order valence-corrected chi connectivity index (χ4v) is 7.55. The average Bonchev–Trinajstić information content (AvgIpc) is 3.26. The van der Waals surface area contributed by atoms with Crippen molar-refractivity contribution >= 4 is 21.9 Å². The topological polar surface area (TPSA) is 46.5 Å². The van der Waals surface area contributed by atoms with Crippen molar-refractivity contribution < 1.29 is 14.6 Å². The minimum atomic E-state index is -0.131. The van der Waals surface area contributed by atoms with Crippen LogP contribution in [0.25, 0.3) is 0 Å². The lowest BCUT2D eigenvalue weighted by atomic mass is 9.49. The van der Waals surface area contributed by atoms with E-state index in [1.165, 1.54) is 19.3 Å². The first-order chi connectivity index (χ1) is 12.1. The largest absolute Gasteiger partial charge is 0.462 e. The molecule has 0 aromatic rings. The van der Waals surface area contributed by atoms with Crippen LogP contribution in [0.2, 0.25) is 0 Å². The summed E-state index contributed by atoms with van der Waals surface area (Å²) in [7, 11) is 0. The summed E-state index contributed by atoms with van der Waals surface area (Å²) in [6.07, 6.45) is 9.54. The third-order valence-corrected chi connectivity index (χ3v) is 10.0. The SMILES string of the molecule is CC(=O)OC1CC2(C)C3=CCC(C)(C(Br)CO)CC3CCC2C2(C)CC12. The molecule has 0 bridgehead atoms. The molecule has 0 aromatic carbocycles. The van der Waals surface area contributed by atoms with E-state index >= 15 is 0 Å². The van der Waals surface area contributed by atoms with Gasteiger partial charge in [0.05, 0.1) is 6.61 Å². The van der Waals surface area contributed by atoms with Crippen LogP contribution in [-0.4, -0.2) is 28.6 Å². The number of esters is 1. The van der Waals surface area contributed by atoms with Gasteiger partial charge in [-0.05, 0) is 66.6 Å². The molecule has 4 heteroatoms. The third kappa shape index (κ3) is 2.65. The molecule has 4 aliphatic rings. The Bertz CT molecular complexity index is 645. The third-order valence-electron chi connectivity index (χ3n) is 8.62. The van der Waals surface area contributed by atoms with E-state index in [4.69, 9.17) is 4.74 Å². The van der Waals surface area contributed by atoms with Gasteiger partial charge < -0.3 is 9.84 Å². The highest BCUT2D eigenvalue weighted by atomic mass is 79.9. The van der Waals surface area contributed by atoms with E-state index in [0.717, 1.165) is 25.2 Å². The molecule has 3 saturated carbocycles. The minimum Gasteiger partial charge on any atom is -0.462 e. The van der Waals surface area contributed by atoms with Gasteiger partial charge in [-0.1, -0.05) is 48.4 Å². The number of alkyl halides is 1. The number of aliphatic hydroxyl groups is 1. The van der Waals surface area contributed by atoms with Crippen molar-refractivity contribution in [1.82, 2.24) is 0 Å². The Morgan fingerprint density at radius 3 is 2.69 bits per heavy atom. The molecule has 8 unspecified atom stereocenters. The van der Waals surface area contributed by atoms with Crippen LogP contribution in [0.3, 0.4) is 0 Å². The van der Waals surface area contributed by atoms with E-state index in [-0.39, 0.29) is 34.3 Å². The highest BCUT2D eigenvalue weighted by molar-refractivity contribution is 9.09. The van der Waals surface area contributed by atoms with Gasteiger partial charge in [0.15, 0.2) is 0 Å². The molecule has 0 amide bonds. The van der Waals surface area contributed by atoms with Gasteiger partial charge >= 0.3 is 5.97 Å². The zero-order valence-corrected chi connectivity index (χ0v) is 18.1. The molecule has 146 valence electrons. The van der Waals surface area contributed by atoms with Crippen molar-refractivity contribution in [2.75, 3.05) is 6.61 Å². The van der Waals surface area contributed by atoms with E-state index in [9.17, 15) is 9.90 Å². The molecule has 0 heterocycles. The van der Waals surface area contributed by atoms with Gasteiger partial charge in [-0.25, -0.2) is 0 Å². The Labute approximate surface area is 166 Å². The second-order valence-corrected chi connectivity index (χ2v) is 11.4. The molecule has 0 radical (unpaired) electrons. The van der Waals surface area contributed by atoms with Crippen LogP contribution in [0, 0.1) is 34.0 Å². The first-order valence-corrected chi connectivity index (χ1v) is 11.2. The molecule has 4 aliphatic carbocycles. The molecule has 8 atom stereocenters. The minimum absolute atomic E-state index is 0.0908. The summed E-state index contributed by atoms with van der Waals surface area (Å²) in [5, 5.41) is 9.66. The standard InChI is InChI=1S/C22H33BrO3/c1-13(25)26-17-11-22(4)15-7-8-20(2,19(23)12-24)9-14(15)5-6-18(22)21(3)10-16(17)21/h7,14,16-19,24H,5-6,8-12H2,1-4H3. The Morgan fingerprint density at radius 1 is 1.31 bits per heavy atom. The summed E-state index contributed by atoms with van der Waals surface area (Å²) < 4.78 is 5.79. The van der Waals surface area contributed by atoms with Crippen LogP contribution in [0.5, 0.6) is 0 Å².